The molecule has 0 bridgehead atoms. The van der Waals surface area contributed by atoms with Crippen molar-refractivity contribution in [3.05, 3.63) is 236 Å². The van der Waals surface area contributed by atoms with E-state index in [2.05, 4.69) is 226 Å². The van der Waals surface area contributed by atoms with Gasteiger partial charge in [-0.1, -0.05) is 172 Å². The first-order valence-corrected chi connectivity index (χ1v) is 21.9. The molecule has 11 rings (SSSR count). The molecule has 2 heteroatoms. The minimum Gasteiger partial charge on any atom is -0.455 e. The molecule has 1 aliphatic carbocycles. The predicted molar refractivity (Wildman–Crippen MR) is 268 cm³/mol. The molecule has 2 nitrogen and oxygen atoms in total. The fourth-order valence-corrected chi connectivity index (χ4v) is 10.2. The lowest BCUT2D eigenvalue weighted by Gasteiger charge is -2.28. The van der Waals surface area contributed by atoms with Crippen molar-refractivity contribution in [3.63, 3.8) is 0 Å². The highest BCUT2D eigenvalue weighted by atomic mass is 16.3. The van der Waals surface area contributed by atoms with Gasteiger partial charge in [0.15, 0.2) is 0 Å². The molecule has 302 valence electrons. The Kier molecular flexibility index (Phi) is 9.32. The summed E-state index contributed by atoms with van der Waals surface area (Å²) >= 11 is 0. The maximum atomic E-state index is 6.55. The number of anilines is 3. The van der Waals surface area contributed by atoms with Gasteiger partial charge in [0.2, 0.25) is 0 Å². The Balaban J connectivity index is 1.04. The first-order chi connectivity index (χ1) is 30.9. The molecule has 63 heavy (non-hydrogen) atoms. The topological polar surface area (TPSA) is 16.4 Å². The number of hydrogen-bond donors (Lipinski definition) is 0. The van der Waals surface area contributed by atoms with Crippen LogP contribution in [0.4, 0.5) is 17.1 Å². The van der Waals surface area contributed by atoms with Gasteiger partial charge in [0.25, 0.3) is 0 Å². The van der Waals surface area contributed by atoms with Gasteiger partial charge in [0.1, 0.15) is 11.2 Å². The third-order valence-corrected chi connectivity index (χ3v) is 13.3. The van der Waals surface area contributed by atoms with Crippen LogP contribution in [0.5, 0.6) is 0 Å². The highest BCUT2D eigenvalue weighted by molar-refractivity contribution is 6.15. The normalized spacial score (nSPS) is 13.2. The van der Waals surface area contributed by atoms with Crippen molar-refractivity contribution in [2.24, 2.45) is 0 Å². The molecule has 1 aliphatic rings. The van der Waals surface area contributed by atoms with Crippen LogP contribution >= 0.6 is 0 Å². The van der Waals surface area contributed by atoms with Crippen LogP contribution in [0.2, 0.25) is 0 Å². The van der Waals surface area contributed by atoms with E-state index in [1.165, 1.54) is 49.9 Å². The smallest absolute Gasteiger partial charge is 0.143 e. The van der Waals surface area contributed by atoms with Crippen LogP contribution in [0.15, 0.2) is 224 Å². The summed E-state index contributed by atoms with van der Waals surface area (Å²) < 4.78 is 6.55. The van der Waals surface area contributed by atoms with Crippen molar-refractivity contribution in [2.45, 2.75) is 31.6 Å². The standard InChI is InChI=1S/C61H47NO/c1-5-15-40(6-2)44-17-13-18-45(38-44)41-26-32-47(33-27-41)62(48-34-28-43(29-35-48)50-22-14-23-53-52-21-9-11-24-56(52)61(3,4)59(50)53)57-25-12-10-19-49(57)46-31-37-58-55(39-46)54-36-30-42-16-7-8-20-51(42)60(54)63-58/h5-14,16-40H,1-2,15H2,3-4H3. The van der Waals surface area contributed by atoms with Crippen LogP contribution in [0, 0.1) is 0 Å². The maximum Gasteiger partial charge on any atom is 0.143 e. The van der Waals surface area contributed by atoms with E-state index in [-0.39, 0.29) is 11.3 Å². The lowest BCUT2D eigenvalue weighted by Crippen LogP contribution is -2.16. The van der Waals surface area contributed by atoms with Crippen LogP contribution < -0.4 is 4.90 Å². The molecule has 0 spiro atoms. The van der Waals surface area contributed by atoms with E-state index in [0.717, 1.165) is 67.5 Å². The first-order valence-electron chi connectivity index (χ1n) is 21.9. The molecule has 1 aromatic heterocycles. The quantitative estimate of drug-likeness (QED) is 0.128. The average molecular weight is 810 g/mol. The van der Waals surface area contributed by atoms with Crippen LogP contribution in [-0.2, 0) is 5.41 Å². The number of para-hydroxylation sites is 1. The molecule has 0 N–H and O–H groups in total. The van der Waals surface area contributed by atoms with Crippen LogP contribution in [-0.4, -0.2) is 0 Å². The van der Waals surface area contributed by atoms with E-state index in [4.69, 9.17) is 4.42 Å². The molecular weight excluding hydrogens is 763 g/mol. The highest BCUT2D eigenvalue weighted by Crippen LogP contribution is 2.52. The summed E-state index contributed by atoms with van der Waals surface area (Å²) in [5.41, 5.74) is 18.7. The zero-order valence-electron chi connectivity index (χ0n) is 35.7. The van der Waals surface area contributed by atoms with Crippen LogP contribution in [0.25, 0.3) is 77.2 Å². The van der Waals surface area contributed by atoms with Gasteiger partial charge < -0.3 is 9.32 Å². The summed E-state index contributed by atoms with van der Waals surface area (Å²) in [6.45, 7) is 12.8. The molecule has 0 saturated heterocycles. The van der Waals surface area contributed by atoms with Gasteiger partial charge in [-0.15, -0.1) is 13.2 Å². The van der Waals surface area contributed by atoms with Gasteiger partial charge in [0.05, 0.1) is 5.69 Å². The minimum atomic E-state index is -0.111. The molecule has 0 fully saturated rings. The van der Waals surface area contributed by atoms with Gasteiger partial charge in [-0.3, -0.25) is 0 Å². The third-order valence-electron chi connectivity index (χ3n) is 13.3. The van der Waals surface area contributed by atoms with E-state index in [1.54, 1.807) is 0 Å². The van der Waals surface area contributed by atoms with Crippen molar-refractivity contribution >= 4 is 49.8 Å². The van der Waals surface area contributed by atoms with E-state index < -0.39 is 0 Å². The monoisotopic (exact) mass is 809 g/mol. The largest absolute Gasteiger partial charge is 0.455 e. The van der Waals surface area contributed by atoms with E-state index >= 15 is 0 Å². The molecule has 1 heterocycles. The maximum absolute atomic E-state index is 6.55. The molecule has 0 radical (unpaired) electrons. The molecule has 10 aromatic rings. The number of fused-ring (bicyclic) bond motifs is 8. The van der Waals surface area contributed by atoms with E-state index in [9.17, 15) is 0 Å². The second-order valence-electron chi connectivity index (χ2n) is 17.3. The lowest BCUT2D eigenvalue weighted by atomic mass is 9.79. The number of benzene rings is 9. The summed E-state index contributed by atoms with van der Waals surface area (Å²) in [5.74, 6) is 0.230. The SMILES string of the molecule is C=CCC(C=C)c1cccc(-c2ccc(N(c3ccc(-c4cccc5c4C(C)(C)c4ccccc4-5)cc3)c3ccccc3-c3ccc4oc5c6ccccc6ccc5c4c3)cc2)c1. The van der Waals surface area contributed by atoms with Crippen molar-refractivity contribution in [3.8, 4) is 44.5 Å². The molecule has 1 atom stereocenters. The first kappa shape index (κ1) is 38.3. The van der Waals surface area contributed by atoms with E-state index in [0.29, 0.717) is 0 Å². The second-order valence-corrected chi connectivity index (χ2v) is 17.3. The summed E-state index contributed by atoms with van der Waals surface area (Å²) in [6.07, 6.45) is 4.85. The number of allylic oxidation sites excluding steroid dienone is 2. The van der Waals surface area contributed by atoms with Crippen LogP contribution in [0.1, 0.15) is 42.9 Å². The number of rotatable bonds is 10. The van der Waals surface area contributed by atoms with Crippen molar-refractivity contribution in [1.82, 2.24) is 0 Å². The van der Waals surface area contributed by atoms with Crippen molar-refractivity contribution in [1.29, 1.82) is 0 Å². The summed E-state index contributed by atoms with van der Waals surface area (Å²) in [4.78, 5) is 2.40. The second kappa shape index (κ2) is 15.3. The molecule has 0 saturated carbocycles. The lowest BCUT2D eigenvalue weighted by molar-refractivity contribution is 0.662. The summed E-state index contributed by atoms with van der Waals surface area (Å²) in [7, 11) is 0. The van der Waals surface area contributed by atoms with Gasteiger partial charge in [0, 0.05) is 44.4 Å². The Morgan fingerprint density at radius 2 is 1.19 bits per heavy atom. The number of hydrogen-bond acceptors (Lipinski definition) is 2. The Hall–Kier alpha value is -7.68. The highest BCUT2D eigenvalue weighted by Gasteiger charge is 2.37. The van der Waals surface area contributed by atoms with Crippen molar-refractivity contribution in [2.75, 3.05) is 4.90 Å². The Labute approximate surface area is 369 Å². The van der Waals surface area contributed by atoms with E-state index in [1.807, 2.05) is 12.2 Å². The average Bonchev–Trinajstić information content (AvgIpc) is 3.83. The predicted octanol–water partition coefficient (Wildman–Crippen LogP) is 17.4. The van der Waals surface area contributed by atoms with Gasteiger partial charge in [-0.25, -0.2) is 0 Å². The Morgan fingerprint density at radius 1 is 0.524 bits per heavy atom. The summed E-state index contributed by atoms with van der Waals surface area (Å²) in [5, 5.41) is 4.54. The molecule has 1 unspecified atom stereocenters. The molecule has 0 amide bonds. The summed E-state index contributed by atoms with van der Waals surface area (Å²) in [6, 6.07) is 70.8. The number of furan rings is 1. The zero-order valence-corrected chi connectivity index (χ0v) is 35.7. The molecule has 9 aromatic carbocycles. The zero-order chi connectivity index (χ0) is 42.7. The van der Waals surface area contributed by atoms with Crippen molar-refractivity contribution < 1.29 is 4.42 Å². The van der Waals surface area contributed by atoms with Crippen LogP contribution in [0.3, 0.4) is 0 Å². The number of nitrogens with zero attached hydrogens (tertiary/aromatic N) is 1. The van der Waals surface area contributed by atoms with Gasteiger partial charge >= 0.3 is 0 Å². The van der Waals surface area contributed by atoms with Gasteiger partial charge in [-0.2, -0.15) is 0 Å². The Bertz CT molecular complexity index is 3380. The third kappa shape index (κ3) is 6.41. The fourth-order valence-electron chi connectivity index (χ4n) is 10.2. The molecular formula is C61H47NO. The minimum absolute atomic E-state index is 0.111. The van der Waals surface area contributed by atoms with Gasteiger partial charge in [-0.05, 0) is 116 Å². The fraction of sp³-hybridized carbons (Fsp3) is 0.0820. The Morgan fingerprint density at radius 3 is 1.98 bits per heavy atom. The molecule has 0 aliphatic heterocycles.